The Kier molecular flexibility index (Phi) is 3.87. The Hall–Kier alpha value is -1.07. The van der Waals surface area contributed by atoms with E-state index in [9.17, 15) is 13.2 Å². The molecule has 1 aliphatic carbocycles. The predicted molar refractivity (Wildman–Crippen MR) is 73.8 cm³/mol. The Morgan fingerprint density at radius 2 is 2.11 bits per heavy atom. The maximum atomic E-state index is 12.0. The van der Waals surface area contributed by atoms with Gasteiger partial charge in [-0.15, -0.1) is 0 Å². The van der Waals surface area contributed by atoms with E-state index in [-0.39, 0.29) is 10.8 Å². The highest BCUT2D eigenvalue weighted by Crippen LogP contribution is 2.36. The molecular weight excluding hydrogens is 286 g/mol. The van der Waals surface area contributed by atoms with E-state index in [1.54, 1.807) is 13.0 Å². The lowest BCUT2D eigenvalue weighted by atomic mass is 10.1. The first-order chi connectivity index (χ1) is 8.79. The number of carbonyl (C=O) groups is 1. The molecule has 1 N–H and O–H groups in total. The van der Waals surface area contributed by atoms with Crippen LogP contribution in [0.5, 0.6) is 0 Å². The molecule has 4 nitrogen and oxygen atoms in total. The minimum Gasteiger partial charge on any atom is -0.352 e. The third-order valence-corrected chi connectivity index (χ3v) is 4.89. The zero-order valence-corrected chi connectivity index (χ0v) is 12.4. The van der Waals surface area contributed by atoms with Gasteiger partial charge in [0.1, 0.15) is 0 Å². The fourth-order valence-electron chi connectivity index (χ4n) is 2.00. The van der Waals surface area contributed by atoms with Crippen LogP contribution in [0.1, 0.15) is 29.3 Å². The molecule has 19 heavy (non-hydrogen) atoms. The largest absolute Gasteiger partial charge is 0.352 e. The van der Waals surface area contributed by atoms with Gasteiger partial charge in [-0.05, 0) is 42.9 Å². The van der Waals surface area contributed by atoms with Gasteiger partial charge in [-0.3, -0.25) is 4.79 Å². The van der Waals surface area contributed by atoms with Crippen molar-refractivity contribution < 1.29 is 13.2 Å². The first-order valence-electron chi connectivity index (χ1n) is 6.12. The minimum atomic E-state index is -3.81. The van der Waals surface area contributed by atoms with Crippen molar-refractivity contribution in [3.63, 3.8) is 0 Å². The van der Waals surface area contributed by atoms with Gasteiger partial charge in [-0.2, -0.15) is 0 Å². The molecule has 0 aromatic heterocycles. The summed E-state index contributed by atoms with van der Waals surface area (Å²) >= 11 is 0. The second-order valence-corrected chi connectivity index (χ2v) is 7.66. The first kappa shape index (κ1) is 14.3. The molecule has 2 atom stereocenters. The summed E-state index contributed by atoms with van der Waals surface area (Å²) in [5.41, 5.74) is 1.08. The average molecular weight is 302 g/mol. The molecule has 6 heteroatoms. The SMILES string of the molecule is Cc1ccc(S(=O)(=O)Cl)cc1C(=O)NCC1CC1C. The molecule has 1 amide bonds. The zero-order chi connectivity index (χ0) is 14.2. The van der Waals surface area contributed by atoms with Crippen LogP contribution in [0.15, 0.2) is 23.1 Å². The van der Waals surface area contributed by atoms with E-state index in [1.165, 1.54) is 12.1 Å². The Morgan fingerprint density at radius 3 is 2.63 bits per heavy atom. The van der Waals surface area contributed by atoms with Gasteiger partial charge in [0.25, 0.3) is 15.0 Å². The summed E-state index contributed by atoms with van der Waals surface area (Å²) in [5.74, 6) is 0.957. The topological polar surface area (TPSA) is 63.2 Å². The van der Waals surface area contributed by atoms with E-state index >= 15 is 0 Å². The highest BCUT2D eigenvalue weighted by atomic mass is 35.7. The highest BCUT2D eigenvalue weighted by Gasteiger charge is 2.32. The Balaban J connectivity index is 2.16. The Bertz CT molecular complexity index is 612. The fraction of sp³-hybridized carbons (Fsp3) is 0.462. The van der Waals surface area contributed by atoms with Gasteiger partial charge in [0.2, 0.25) is 0 Å². The zero-order valence-electron chi connectivity index (χ0n) is 10.8. The molecule has 104 valence electrons. The van der Waals surface area contributed by atoms with Gasteiger partial charge >= 0.3 is 0 Å². The van der Waals surface area contributed by atoms with Gasteiger partial charge in [-0.25, -0.2) is 8.42 Å². The molecule has 0 bridgehead atoms. The lowest BCUT2D eigenvalue weighted by molar-refractivity contribution is 0.0950. The summed E-state index contributed by atoms with van der Waals surface area (Å²) in [6.45, 7) is 4.54. The van der Waals surface area contributed by atoms with Gasteiger partial charge in [0.15, 0.2) is 0 Å². The smallest absolute Gasteiger partial charge is 0.261 e. The fourth-order valence-corrected chi connectivity index (χ4v) is 2.78. The van der Waals surface area contributed by atoms with Crippen LogP contribution in [-0.4, -0.2) is 20.9 Å². The minimum absolute atomic E-state index is 0.0512. The van der Waals surface area contributed by atoms with E-state index in [2.05, 4.69) is 12.2 Å². The lowest BCUT2D eigenvalue weighted by Gasteiger charge is -2.08. The van der Waals surface area contributed by atoms with Gasteiger partial charge in [0, 0.05) is 22.8 Å². The second kappa shape index (κ2) is 5.13. The third-order valence-electron chi connectivity index (χ3n) is 3.54. The summed E-state index contributed by atoms with van der Waals surface area (Å²) in [6.07, 6.45) is 1.13. The molecular formula is C13H16ClNO3S. The molecule has 1 aromatic carbocycles. The molecule has 1 saturated carbocycles. The number of carbonyl (C=O) groups excluding carboxylic acids is 1. The molecule has 2 unspecified atom stereocenters. The molecule has 0 aliphatic heterocycles. The normalized spacial score (nSPS) is 22.1. The quantitative estimate of drug-likeness (QED) is 0.868. The van der Waals surface area contributed by atoms with Crippen LogP contribution in [0.25, 0.3) is 0 Å². The monoisotopic (exact) mass is 301 g/mol. The number of nitrogens with one attached hydrogen (secondary N) is 1. The number of halogens is 1. The van der Waals surface area contributed by atoms with Crippen molar-refractivity contribution >= 4 is 25.6 Å². The molecule has 0 spiro atoms. The van der Waals surface area contributed by atoms with E-state index in [1.807, 2.05) is 0 Å². The number of hydrogen-bond donors (Lipinski definition) is 1. The van der Waals surface area contributed by atoms with Gasteiger partial charge < -0.3 is 5.32 Å². The Morgan fingerprint density at radius 1 is 1.47 bits per heavy atom. The summed E-state index contributed by atoms with van der Waals surface area (Å²) in [5, 5.41) is 2.83. The van der Waals surface area contributed by atoms with Crippen LogP contribution < -0.4 is 5.32 Å². The molecule has 1 fully saturated rings. The third kappa shape index (κ3) is 3.48. The summed E-state index contributed by atoms with van der Waals surface area (Å²) < 4.78 is 22.5. The average Bonchev–Trinajstić information content (AvgIpc) is 3.01. The van der Waals surface area contributed by atoms with Crippen molar-refractivity contribution in [1.29, 1.82) is 0 Å². The van der Waals surface area contributed by atoms with Crippen LogP contribution >= 0.6 is 10.7 Å². The van der Waals surface area contributed by atoms with E-state index in [0.717, 1.165) is 12.0 Å². The Labute approximate surface area is 117 Å². The van der Waals surface area contributed by atoms with Crippen LogP contribution in [0.3, 0.4) is 0 Å². The molecule has 2 rings (SSSR count). The first-order valence-corrected chi connectivity index (χ1v) is 8.43. The van der Waals surface area contributed by atoms with Crippen molar-refractivity contribution in [3.05, 3.63) is 29.3 Å². The molecule has 1 aliphatic rings. The van der Waals surface area contributed by atoms with Crippen LogP contribution in [-0.2, 0) is 9.05 Å². The van der Waals surface area contributed by atoms with E-state index < -0.39 is 9.05 Å². The number of hydrogen-bond acceptors (Lipinski definition) is 3. The number of benzene rings is 1. The van der Waals surface area contributed by atoms with Gasteiger partial charge in [-0.1, -0.05) is 13.0 Å². The molecule has 1 aromatic rings. The lowest BCUT2D eigenvalue weighted by Crippen LogP contribution is -2.26. The summed E-state index contributed by atoms with van der Waals surface area (Å²) in [6, 6.07) is 4.31. The molecule has 0 heterocycles. The molecule has 0 saturated heterocycles. The van der Waals surface area contributed by atoms with E-state index in [0.29, 0.717) is 23.9 Å². The number of aryl methyl sites for hydroxylation is 1. The van der Waals surface area contributed by atoms with Crippen molar-refractivity contribution in [1.82, 2.24) is 5.32 Å². The number of rotatable bonds is 4. The van der Waals surface area contributed by atoms with Crippen LogP contribution in [0.4, 0.5) is 0 Å². The van der Waals surface area contributed by atoms with E-state index in [4.69, 9.17) is 10.7 Å². The highest BCUT2D eigenvalue weighted by molar-refractivity contribution is 8.13. The standard InChI is InChI=1S/C13H16ClNO3S/c1-8-3-4-11(19(14,17)18)6-12(8)13(16)15-7-10-5-9(10)2/h3-4,6,9-10H,5,7H2,1-2H3,(H,15,16). The second-order valence-electron chi connectivity index (χ2n) is 5.10. The molecule has 0 radical (unpaired) electrons. The summed E-state index contributed by atoms with van der Waals surface area (Å²) in [4.78, 5) is 12.0. The van der Waals surface area contributed by atoms with Crippen molar-refractivity contribution in [2.75, 3.05) is 6.54 Å². The maximum absolute atomic E-state index is 12.0. The predicted octanol–water partition coefficient (Wildman–Crippen LogP) is 2.31. The maximum Gasteiger partial charge on any atom is 0.261 e. The van der Waals surface area contributed by atoms with Gasteiger partial charge in [0.05, 0.1) is 4.90 Å². The van der Waals surface area contributed by atoms with Crippen LogP contribution in [0, 0.1) is 18.8 Å². The van der Waals surface area contributed by atoms with Crippen LogP contribution in [0.2, 0.25) is 0 Å². The summed E-state index contributed by atoms with van der Waals surface area (Å²) in [7, 11) is 1.47. The van der Waals surface area contributed by atoms with Crippen molar-refractivity contribution in [3.8, 4) is 0 Å². The number of amides is 1. The van der Waals surface area contributed by atoms with Crippen molar-refractivity contribution in [2.45, 2.75) is 25.2 Å². The van der Waals surface area contributed by atoms with Crippen molar-refractivity contribution in [2.24, 2.45) is 11.8 Å².